The molecule has 0 spiro atoms. The summed E-state index contributed by atoms with van der Waals surface area (Å²) in [6.07, 6.45) is 5.76. The van der Waals surface area contributed by atoms with Gasteiger partial charge in [0.2, 0.25) is 0 Å². The molecule has 1 fully saturated rings. The molecule has 0 radical (unpaired) electrons. The molecule has 5 heteroatoms. The zero-order valence-electron chi connectivity index (χ0n) is 17.0. The van der Waals surface area contributed by atoms with Gasteiger partial charge in [-0.2, -0.15) is 0 Å². The van der Waals surface area contributed by atoms with Gasteiger partial charge >= 0.3 is 0 Å². The molecule has 29 heavy (non-hydrogen) atoms. The predicted molar refractivity (Wildman–Crippen MR) is 111 cm³/mol. The normalized spacial score (nSPS) is 26.2. The second-order valence-electron chi connectivity index (χ2n) is 8.70. The zero-order chi connectivity index (χ0) is 20.4. The van der Waals surface area contributed by atoms with Gasteiger partial charge in [-0.05, 0) is 79.2 Å². The number of methoxy groups -OCH3 is 1. The fraction of sp³-hybridized carbons (Fsp3) is 0.500. The van der Waals surface area contributed by atoms with Crippen molar-refractivity contribution < 1.29 is 19.0 Å². The third kappa shape index (κ3) is 4.41. The summed E-state index contributed by atoms with van der Waals surface area (Å²) >= 11 is 0. The Labute approximate surface area is 171 Å². The highest BCUT2D eigenvalue weighted by Crippen LogP contribution is 2.40. The summed E-state index contributed by atoms with van der Waals surface area (Å²) in [5.41, 5.74) is 9.95. The van der Waals surface area contributed by atoms with Crippen LogP contribution < -0.4 is 15.2 Å². The van der Waals surface area contributed by atoms with E-state index in [1.165, 1.54) is 22.8 Å². The highest BCUT2D eigenvalue weighted by atomic mass is 19.1. The third-order valence-corrected chi connectivity index (χ3v) is 6.60. The van der Waals surface area contributed by atoms with Gasteiger partial charge in [-0.1, -0.05) is 18.2 Å². The average molecular weight is 400 g/mol. The van der Waals surface area contributed by atoms with Crippen molar-refractivity contribution in [3.05, 3.63) is 58.9 Å². The molecule has 0 heterocycles. The number of ether oxygens (including phenoxy) is 2. The Bertz CT molecular complexity index is 871. The summed E-state index contributed by atoms with van der Waals surface area (Å²) in [7, 11) is 1.56. The van der Waals surface area contributed by atoms with Crippen LogP contribution in [0.4, 0.5) is 4.39 Å². The monoisotopic (exact) mass is 399 g/mol. The van der Waals surface area contributed by atoms with Crippen LogP contribution in [0.5, 0.6) is 11.5 Å². The molecule has 0 aliphatic heterocycles. The van der Waals surface area contributed by atoms with E-state index in [0.717, 1.165) is 38.5 Å². The minimum atomic E-state index is -0.418. The molecule has 4 nitrogen and oxygen atoms in total. The molecule has 0 bridgehead atoms. The largest absolute Gasteiger partial charge is 0.497 e. The summed E-state index contributed by atoms with van der Waals surface area (Å²) < 4.78 is 24.9. The van der Waals surface area contributed by atoms with Crippen molar-refractivity contribution in [2.75, 3.05) is 20.3 Å². The summed E-state index contributed by atoms with van der Waals surface area (Å²) in [5, 5.41) is 9.52. The molecule has 0 aromatic heterocycles. The summed E-state index contributed by atoms with van der Waals surface area (Å²) in [6.45, 7) is 0.560. The van der Waals surface area contributed by atoms with Crippen molar-refractivity contribution >= 4 is 0 Å². The number of rotatable bonds is 6. The van der Waals surface area contributed by atoms with E-state index < -0.39 is 5.54 Å². The van der Waals surface area contributed by atoms with Gasteiger partial charge in [0.25, 0.3) is 0 Å². The van der Waals surface area contributed by atoms with Crippen LogP contribution in [-0.4, -0.2) is 31.0 Å². The van der Waals surface area contributed by atoms with Gasteiger partial charge in [-0.3, -0.25) is 0 Å². The number of hydrogen-bond acceptors (Lipinski definition) is 4. The van der Waals surface area contributed by atoms with Crippen LogP contribution in [0.2, 0.25) is 0 Å². The van der Waals surface area contributed by atoms with E-state index in [-0.39, 0.29) is 18.2 Å². The van der Waals surface area contributed by atoms with E-state index in [2.05, 4.69) is 18.2 Å². The van der Waals surface area contributed by atoms with E-state index in [1.807, 2.05) is 0 Å². The third-order valence-electron chi connectivity index (χ3n) is 6.60. The molecule has 0 saturated heterocycles. The standard InChI is InChI=1S/C24H30FNO3/c1-28-21-6-7-22(25)23(12-21)29-14-16-2-3-18-11-19(5-4-17(18)10-16)20-8-9-24(26,13-20)15-27/h4-7,11-12,16,20,27H,2-3,8-10,13-15,26H2,1H3/t16-,20+,24-/m1/s1. The average Bonchev–Trinajstić information content (AvgIpc) is 3.15. The Morgan fingerprint density at radius 1 is 1.17 bits per heavy atom. The molecule has 0 unspecified atom stereocenters. The van der Waals surface area contributed by atoms with Crippen LogP contribution in [0.25, 0.3) is 0 Å². The molecule has 156 valence electrons. The van der Waals surface area contributed by atoms with Gasteiger partial charge in [0.1, 0.15) is 5.75 Å². The number of aliphatic hydroxyl groups is 1. The van der Waals surface area contributed by atoms with E-state index >= 15 is 0 Å². The summed E-state index contributed by atoms with van der Waals surface area (Å²) in [4.78, 5) is 0. The zero-order valence-corrected chi connectivity index (χ0v) is 17.0. The molecule has 2 aromatic rings. The number of hydrogen-bond donors (Lipinski definition) is 2. The molecular weight excluding hydrogens is 369 g/mol. The molecule has 4 rings (SSSR count). The van der Waals surface area contributed by atoms with Gasteiger partial charge in [0.15, 0.2) is 11.6 Å². The predicted octanol–water partition coefficient (Wildman–Crippen LogP) is 3.98. The van der Waals surface area contributed by atoms with Crippen LogP contribution >= 0.6 is 0 Å². The van der Waals surface area contributed by atoms with Crippen molar-refractivity contribution in [1.82, 2.24) is 0 Å². The molecule has 3 N–H and O–H groups in total. The lowest BCUT2D eigenvalue weighted by molar-refractivity contribution is 0.198. The highest BCUT2D eigenvalue weighted by molar-refractivity contribution is 5.37. The van der Waals surface area contributed by atoms with Crippen LogP contribution in [-0.2, 0) is 12.8 Å². The lowest BCUT2D eigenvalue weighted by atomic mass is 9.82. The molecule has 2 aromatic carbocycles. The SMILES string of the molecule is COc1ccc(F)c(OC[C@@H]2CCc3cc([C@H]4CC[C@](N)(CO)C4)ccc3C2)c1. The van der Waals surface area contributed by atoms with Crippen molar-refractivity contribution in [2.45, 2.75) is 50.0 Å². The maximum atomic E-state index is 14.0. The quantitative estimate of drug-likeness (QED) is 0.771. The minimum absolute atomic E-state index is 0.0595. The fourth-order valence-electron chi connectivity index (χ4n) is 4.76. The van der Waals surface area contributed by atoms with Crippen molar-refractivity contribution in [2.24, 2.45) is 11.7 Å². The highest BCUT2D eigenvalue weighted by Gasteiger charge is 2.36. The van der Waals surface area contributed by atoms with Crippen LogP contribution in [0.3, 0.4) is 0 Å². The number of benzene rings is 2. The molecular formula is C24H30FNO3. The lowest BCUT2D eigenvalue weighted by Gasteiger charge is -2.26. The molecule has 3 atom stereocenters. The first-order chi connectivity index (χ1) is 14.0. The first-order valence-electron chi connectivity index (χ1n) is 10.5. The maximum absolute atomic E-state index is 14.0. The number of aliphatic hydroxyl groups excluding tert-OH is 1. The maximum Gasteiger partial charge on any atom is 0.165 e. The van der Waals surface area contributed by atoms with Crippen molar-refractivity contribution in [1.29, 1.82) is 0 Å². The van der Waals surface area contributed by atoms with Crippen molar-refractivity contribution in [3.8, 4) is 11.5 Å². The van der Waals surface area contributed by atoms with Gasteiger partial charge in [0, 0.05) is 11.6 Å². The number of halogens is 1. The van der Waals surface area contributed by atoms with Crippen LogP contribution in [0, 0.1) is 11.7 Å². The van der Waals surface area contributed by atoms with Crippen LogP contribution in [0.1, 0.15) is 48.3 Å². The fourth-order valence-corrected chi connectivity index (χ4v) is 4.76. The van der Waals surface area contributed by atoms with Crippen molar-refractivity contribution in [3.63, 3.8) is 0 Å². The van der Waals surface area contributed by atoms with E-state index in [9.17, 15) is 9.50 Å². The Morgan fingerprint density at radius 2 is 2.03 bits per heavy atom. The Kier molecular flexibility index (Phi) is 5.79. The first kappa shape index (κ1) is 20.2. The number of aryl methyl sites for hydroxylation is 1. The minimum Gasteiger partial charge on any atom is -0.497 e. The number of fused-ring (bicyclic) bond motifs is 1. The van der Waals surface area contributed by atoms with E-state index in [0.29, 0.717) is 24.2 Å². The Hall–Kier alpha value is -2.11. The Morgan fingerprint density at radius 3 is 2.79 bits per heavy atom. The molecule has 1 saturated carbocycles. The first-order valence-corrected chi connectivity index (χ1v) is 10.5. The lowest BCUT2D eigenvalue weighted by Crippen LogP contribution is -2.40. The Balaban J connectivity index is 1.38. The van der Waals surface area contributed by atoms with Gasteiger partial charge in [-0.15, -0.1) is 0 Å². The molecule has 0 amide bonds. The van der Waals surface area contributed by atoms with Gasteiger partial charge in [-0.25, -0.2) is 4.39 Å². The molecule has 2 aliphatic carbocycles. The molecule has 2 aliphatic rings. The van der Waals surface area contributed by atoms with Crippen LogP contribution in [0.15, 0.2) is 36.4 Å². The van der Waals surface area contributed by atoms with Gasteiger partial charge in [0.05, 0.1) is 20.3 Å². The van der Waals surface area contributed by atoms with E-state index in [1.54, 1.807) is 19.2 Å². The smallest absolute Gasteiger partial charge is 0.165 e. The topological polar surface area (TPSA) is 64.7 Å². The number of nitrogens with two attached hydrogens (primary N) is 1. The second-order valence-corrected chi connectivity index (χ2v) is 8.70. The summed E-state index contributed by atoms with van der Waals surface area (Å²) in [6, 6.07) is 11.4. The second kappa shape index (κ2) is 8.33. The summed E-state index contributed by atoms with van der Waals surface area (Å²) in [5.74, 6) is 1.30. The van der Waals surface area contributed by atoms with Gasteiger partial charge < -0.3 is 20.3 Å². The van der Waals surface area contributed by atoms with E-state index in [4.69, 9.17) is 15.2 Å².